The Morgan fingerprint density at radius 3 is 2.73 bits per heavy atom. The van der Waals surface area contributed by atoms with Gasteiger partial charge in [0, 0.05) is 18.7 Å². The molecule has 0 amide bonds. The summed E-state index contributed by atoms with van der Waals surface area (Å²) in [7, 11) is -0.955. The van der Waals surface area contributed by atoms with Gasteiger partial charge in [-0.15, -0.1) is 0 Å². The molecule has 3 rings (SSSR count). The fourth-order valence-electron chi connectivity index (χ4n) is 2.95. The van der Waals surface area contributed by atoms with Crippen LogP contribution < -0.4 is 4.74 Å². The lowest BCUT2D eigenvalue weighted by Crippen LogP contribution is -2.26. The largest absolute Gasteiger partial charge is 0.487 e. The molecular weight excluding hydrogens is 305 g/mol. The van der Waals surface area contributed by atoms with E-state index in [1.807, 2.05) is 18.0 Å². The van der Waals surface area contributed by atoms with Gasteiger partial charge in [0.2, 0.25) is 0 Å². The van der Waals surface area contributed by atoms with Crippen LogP contribution in [-0.4, -0.2) is 44.5 Å². The van der Waals surface area contributed by atoms with Gasteiger partial charge in [-0.25, -0.2) is 12.8 Å². The second-order valence-corrected chi connectivity index (χ2v) is 8.74. The molecular formula is C16H22FNO3S. The monoisotopic (exact) mass is 327 g/mol. The fraction of sp³-hybridized carbons (Fsp3) is 0.625. The van der Waals surface area contributed by atoms with E-state index >= 15 is 0 Å². The summed E-state index contributed by atoms with van der Waals surface area (Å²) in [6, 6.07) is 5.24. The molecule has 2 fully saturated rings. The number of halogens is 1. The Balaban J connectivity index is 1.60. The number of sulfone groups is 1. The first-order valence-corrected chi connectivity index (χ1v) is 9.58. The van der Waals surface area contributed by atoms with Crippen LogP contribution in [0, 0.1) is 11.7 Å². The van der Waals surface area contributed by atoms with Gasteiger partial charge in [-0.05, 0) is 38.3 Å². The van der Waals surface area contributed by atoms with Crippen LogP contribution >= 0.6 is 0 Å². The van der Waals surface area contributed by atoms with Crippen molar-refractivity contribution in [3.63, 3.8) is 0 Å². The van der Waals surface area contributed by atoms with Gasteiger partial charge in [-0.3, -0.25) is 0 Å². The van der Waals surface area contributed by atoms with E-state index in [0.29, 0.717) is 30.8 Å². The molecule has 0 N–H and O–H groups in total. The minimum Gasteiger partial charge on any atom is -0.487 e. The van der Waals surface area contributed by atoms with Crippen LogP contribution in [0.3, 0.4) is 0 Å². The Morgan fingerprint density at radius 2 is 2.09 bits per heavy atom. The summed E-state index contributed by atoms with van der Waals surface area (Å²) >= 11 is 0. The molecule has 1 saturated carbocycles. The summed E-state index contributed by atoms with van der Waals surface area (Å²) < 4.78 is 43.0. The molecule has 1 aliphatic heterocycles. The van der Waals surface area contributed by atoms with Crippen molar-refractivity contribution in [2.75, 3.05) is 25.1 Å². The zero-order valence-electron chi connectivity index (χ0n) is 12.8. The van der Waals surface area contributed by atoms with Gasteiger partial charge in [0.1, 0.15) is 0 Å². The maximum absolute atomic E-state index is 14.4. The van der Waals surface area contributed by atoms with Gasteiger partial charge in [0.05, 0.1) is 17.6 Å². The molecule has 0 bridgehead atoms. The van der Waals surface area contributed by atoms with Crippen molar-refractivity contribution in [2.45, 2.75) is 31.9 Å². The normalized spacial score (nSPS) is 23.9. The van der Waals surface area contributed by atoms with Crippen molar-refractivity contribution in [1.82, 2.24) is 4.90 Å². The molecule has 1 aromatic carbocycles. The Kier molecular flexibility index (Phi) is 4.41. The van der Waals surface area contributed by atoms with E-state index in [-0.39, 0.29) is 29.3 Å². The van der Waals surface area contributed by atoms with E-state index in [1.165, 1.54) is 0 Å². The molecule has 1 saturated heterocycles. The fourth-order valence-corrected chi connectivity index (χ4v) is 4.80. The number of nitrogens with zero attached hydrogens (tertiary/aromatic N) is 1. The second-order valence-electron chi connectivity index (χ2n) is 6.51. The van der Waals surface area contributed by atoms with Gasteiger partial charge in [-0.1, -0.05) is 12.1 Å². The van der Waals surface area contributed by atoms with Crippen molar-refractivity contribution in [1.29, 1.82) is 0 Å². The highest BCUT2D eigenvalue weighted by atomic mass is 32.2. The van der Waals surface area contributed by atoms with Crippen LogP contribution in [0.5, 0.6) is 5.75 Å². The molecule has 1 atom stereocenters. The molecule has 6 heteroatoms. The molecule has 2 aliphatic rings. The maximum atomic E-state index is 14.4. The van der Waals surface area contributed by atoms with Gasteiger partial charge in [0.15, 0.2) is 21.4 Å². The molecule has 1 heterocycles. The van der Waals surface area contributed by atoms with Crippen molar-refractivity contribution >= 4 is 9.84 Å². The summed E-state index contributed by atoms with van der Waals surface area (Å²) in [4.78, 5) is 1.99. The second kappa shape index (κ2) is 6.16. The SMILES string of the molecule is CN(Cc1cccc(OC2CC2)c1F)CC1CCS(=O)(=O)C1. The van der Waals surface area contributed by atoms with Crippen LogP contribution in [0.2, 0.25) is 0 Å². The molecule has 1 unspecified atom stereocenters. The summed E-state index contributed by atoms with van der Waals surface area (Å²) in [5, 5.41) is 0. The van der Waals surface area contributed by atoms with E-state index in [4.69, 9.17) is 4.74 Å². The standard InChI is InChI=1S/C16H22FNO3S/c1-18(9-12-7-8-22(19,20)11-12)10-13-3-2-4-15(16(13)17)21-14-5-6-14/h2-4,12,14H,5-11H2,1H3. The summed E-state index contributed by atoms with van der Waals surface area (Å²) in [5.74, 6) is 0.732. The minimum absolute atomic E-state index is 0.156. The van der Waals surface area contributed by atoms with Crippen molar-refractivity contribution in [3.05, 3.63) is 29.6 Å². The van der Waals surface area contributed by atoms with Crippen LogP contribution in [0.15, 0.2) is 18.2 Å². The summed E-state index contributed by atoms with van der Waals surface area (Å²) in [6.45, 7) is 1.14. The van der Waals surface area contributed by atoms with E-state index in [0.717, 1.165) is 12.8 Å². The molecule has 4 nitrogen and oxygen atoms in total. The smallest absolute Gasteiger partial charge is 0.169 e. The molecule has 1 aliphatic carbocycles. The van der Waals surface area contributed by atoms with Crippen molar-refractivity contribution < 1.29 is 17.5 Å². The molecule has 122 valence electrons. The lowest BCUT2D eigenvalue weighted by atomic mass is 10.1. The van der Waals surface area contributed by atoms with Crippen LogP contribution in [-0.2, 0) is 16.4 Å². The lowest BCUT2D eigenvalue weighted by molar-refractivity contribution is 0.267. The Hall–Kier alpha value is -1.14. The van der Waals surface area contributed by atoms with Crippen LogP contribution in [0.1, 0.15) is 24.8 Å². The molecule has 22 heavy (non-hydrogen) atoms. The molecule has 0 radical (unpaired) electrons. The quantitative estimate of drug-likeness (QED) is 0.804. The Morgan fingerprint density at radius 1 is 1.32 bits per heavy atom. The summed E-state index contributed by atoms with van der Waals surface area (Å²) in [5.41, 5.74) is 0.599. The minimum atomic E-state index is -2.86. The maximum Gasteiger partial charge on any atom is 0.169 e. The zero-order chi connectivity index (χ0) is 15.7. The molecule has 1 aromatic rings. The Bertz CT molecular complexity index is 643. The predicted octanol–water partition coefficient (Wildman–Crippen LogP) is 2.23. The average molecular weight is 327 g/mol. The third kappa shape index (κ3) is 3.98. The van der Waals surface area contributed by atoms with Gasteiger partial charge < -0.3 is 9.64 Å². The Labute approximate surface area is 131 Å². The molecule has 0 spiro atoms. The topological polar surface area (TPSA) is 46.6 Å². The van der Waals surface area contributed by atoms with Crippen LogP contribution in [0.25, 0.3) is 0 Å². The van der Waals surface area contributed by atoms with E-state index in [1.54, 1.807) is 12.1 Å². The van der Waals surface area contributed by atoms with Crippen LogP contribution in [0.4, 0.5) is 4.39 Å². The first-order valence-electron chi connectivity index (χ1n) is 7.76. The summed E-state index contributed by atoms with van der Waals surface area (Å²) in [6.07, 6.45) is 2.88. The highest BCUT2D eigenvalue weighted by Crippen LogP contribution is 2.30. The van der Waals surface area contributed by atoms with Gasteiger partial charge in [-0.2, -0.15) is 0 Å². The van der Waals surface area contributed by atoms with E-state index < -0.39 is 9.84 Å². The highest BCUT2D eigenvalue weighted by molar-refractivity contribution is 7.91. The molecule has 0 aromatic heterocycles. The number of hydrogen-bond acceptors (Lipinski definition) is 4. The van der Waals surface area contributed by atoms with Gasteiger partial charge >= 0.3 is 0 Å². The predicted molar refractivity (Wildman–Crippen MR) is 83.1 cm³/mol. The number of benzene rings is 1. The zero-order valence-corrected chi connectivity index (χ0v) is 13.6. The number of rotatable bonds is 6. The first-order chi connectivity index (χ1) is 10.4. The van der Waals surface area contributed by atoms with Crippen molar-refractivity contribution in [3.8, 4) is 5.75 Å². The number of ether oxygens (including phenoxy) is 1. The highest BCUT2D eigenvalue weighted by Gasteiger charge is 2.29. The average Bonchev–Trinajstić information content (AvgIpc) is 3.18. The van der Waals surface area contributed by atoms with E-state index in [9.17, 15) is 12.8 Å². The third-order valence-corrected chi connectivity index (χ3v) is 6.04. The third-order valence-electron chi connectivity index (χ3n) is 4.20. The first kappa shape index (κ1) is 15.7. The lowest BCUT2D eigenvalue weighted by Gasteiger charge is -2.21. The van der Waals surface area contributed by atoms with E-state index in [2.05, 4.69) is 0 Å². The van der Waals surface area contributed by atoms with Gasteiger partial charge in [0.25, 0.3) is 0 Å². The van der Waals surface area contributed by atoms with Crippen molar-refractivity contribution in [2.24, 2.45) is 5.92 Å². The number of hydrogen-bond donors (Lipinski definition) is 0.